The molecule has 0 aromatic heterocycles. The highest BCUT2D eigenvalue weighted by Gasteiger charge is 2.12. The Morgan fingerprint density at radius 1 is 1.40 bits per heavy atom. The summed E-state index contributed by atoms with van der Waals surface area (Å²) in [7, 11) is -1.76. The lowest BCUT2D eigenvalue weighted by atomic mass is 10.1. The number of amides is 1. The maximum Gasteiger partial charge on any atom is 0.251 e. The fourth-order valence-electron chi connectivity index (χ4n) is 1.72. The van der Waals surface area contributed by atoms with E-state index in [4.69, 9.17) is 4.74 Å². The molecule has 1 unspecified atom stereocenters. The second-order valence-electron chi connectivity index (χ2n) is 4.73. The predicted octanol–water partition coefficient (Wildman–Crippen LogP) is 1.13. The first kappa shape index (κ1) is 16.5. The number of hydrogen-bond acceptors (Lipinski definition) is 4. The molecule has 0 fully saturated rings. The molecule has 0 aliphatic heterocycles. The van der Waals surface area contributed by atoms with Crippen molar-refractivity contribution in [2.45, 2.75) is 19.9 Å². The van der Waals surface area contributed by atoms with Gasteiger partial charge in [-0.05, 0) is 37.6 Å². The zero-order valence-corrected chi connectivity index (χ0v) is 12.9. The molecule has 0 saturated carbocycles. The summed E-state index contributed by atoms with van der Waals surface area (Å²) >= 11 is 0. The third kappa shape index (κ3) is 5.18. The lowest BCUT2D eigenvalue weighted by Crippen LogP contribution is -2.35. The molecule has 1 rings (SSSR count). The van der Waals surface area contributed by atoms with Gasteiger partial charge in [-0.2, -0.15) is 0 Å². The van der Waals surface area contributed by atoms with Crippen LogP contribution in [0.15, 0.2) is 18.2 Å². The molecule has 20 heavy (non-hydrogen) atoms. The highest BCUT2D eigenvalue weighted by Crippen LogP contribution is 2.17. The lowest BCUT2D eigenvalue weighted by molar-refractivity contribution is 0.0905. The summed E-state index contributed by atoms with van der Waals surface area (Å²) in [5.41, 5.74) is 1.63. The van der Waals surface area contributed by atoms with Gasteiger partial charge < -0.3 is 10.1 Å². The summed E-state index contributed by atoms with van der Waals surface area (Å²) in [6, 6.07) is 4.70. The number of sulfonamides is 1. The van der Waals surface area contributed by atoms with Gasteiger partial charge in [0.25, 0.3) is 5.91 Å². The lowest BCUT2D eigenvalue weighted by Gasteiger charge is -2.14. The van der Waals surface area contributed by atoms with Gasteiger partial charge >= 0.3 is 0 Å². The molecule has 1 aromatic rings. The van der Waals surface area contributed by atoms with E-state index in [0.29, 0.717) is 23.4 Å². The summed E-state index contributed by atoms with van der Waals surface area (Å²) in [5.74, 6) is -0.219. The molecule has 7 heteroatoms. The van der Waals surface area contributed by atoms with E-state index in [0.717, 1.165) is 6.26 Å². The minimum atomic E-state index is -3.33. The van der Waals surface area contributed by atoms with Crippen molar-refractivity contribution in [2.75, 3.05) is 24.7 Å². The van der Waals surface area contributed by atoms with Crippen LogP contribution in [-0.2, 0) is 14.8 Å². The monoisotopic (exact) mass is 300 g/mol. The number of aryl methyl sites for hydroxylation is 1. The van der Waals surface area contributed by atoms with E-state index in [1.165, 1.54) is 0 Å². The van der Waals surface area contributed by atoms with E-state index in [-0.39, 0.29) is 11.9 Å². The number of benzene rings is 1. The van der Waals surface area contributed by atoms with Crippen LogP contribution in [0.4, 0.5) is 5.69 Å². The Morgan fingerprint density at radius 2 is 2.05 bits per heavy atom. The number of ether oxygens (including phenoxy) is 1. The number of carbonyl (C=O) groups excluding carboxylic acids is 1. The standard InChI is InChI=1S/C13H20N2O4S/c1-9-7-11(13(16)14-10(2)8-19-3)5-6-12(9)15-20(4,17)18/h5-7,10,15H,8H2,1-4H3,(H,14,16). The maximum absolute atomic E-state index is 12.0. The van der Waals surface area contributed by atoms with Crippen LogP contribution in [0.2, 0.25) is 0 Å². The fourth-order valence-corrected chi connectivity index (χ4v) is 2.35. The molecule has 0 saturated heterocycles. The second-order valence-corrected chi connectivity index (χ2v) is 6.48. The molecule has 6 nitrogen and oxygen atoms in total. The Morgan fingerprint density at radius 3 is 2.55 bits per heavy atom. The fraction of sp³-hybridized carbons (Fsp3) is 0.462. The maximum atomic E-state index is 12.0. The summed E-state index contributed by atoms with van der Waals surface area (Å²) in [5, 5.41) is 2.79. The largest absolute Gasteiger partial charge is 0.383 e. The Hall–Kier alpha value is -1.60. The number of methoxy groups -OCH3 is 1. The highest BCUT2D eigenvalue weighted by molar-refractivity contribution is 7.92. The van der Waals surface area contributed by atoms with Gasteiger partial charge in [0.15, 0.2) is 0 Å². The van der Waals surface area contributed by atoms with E-state index in [2.05, 4.69) is 10.0 Å². The minimum Gasteiger partial charge on any atom is -0.383 e. The molecular weight excluding hydrogens is 280 g/mol. The molecule has 0 aliphatic rings. The Kier molecular flexibility index (Phi) is 5.52. The predicted molar refractivity (Wildman–Crippen MR) is 78.4 cm³/mol. The van der Waals surface area contributed by atoms with Gasteiger partial charge in [0.05, 0.1) is 18.6 Å². The normalized spacial score (nSPS) is 12.8. The van der Waals surface area contributed by atoms with E-state index in [1.807, 2.05) is 6.92 Å². The Balaban J connectivity index is 2.84. The van der Waals surface area contributed by atoms with Crippen LogP contribution in [0.3, 0.4) is 0 Å². The summed E-state index contributed by atoms with van der Waals surface area (Å²) in [6.45, 7) is 4.01. The first-order valence-corrected chi connectivity index (χ1v) is 8.00. The average Bonchev–Trinajstić information content (AvgIpc) is 2.30. The number of rotatable bonds is 6. The molecule has 2 N–H and O–H groups in total. The van der Waals surface area contributed by atoms with Crippen LogP contribution in [0.25, 0.3) is 0 Å². The molecule has 0 spiro atoms. The van der Waals surface area contributed by atoms with Gasteiger partial charge in [0.1, 0.15) is 0 Å². The third-order valence-electron chi connectivity index (χ3n) is 2.58. The average molecular weight is 300 g/mol. The molecule has 0 radical (unpaired) electrons. The molecule has 0 bridgehead atoms. The molecular formula is C13H20N2O4S. The number of carbonyl (C=O) groups is 1. The first-order chi connectivity index (χ1) is 9.23. The Labute approximate surface area is 119 Å². The van der Waals surface area contributed by atoms with Crippen LogP contribution in [-0.4, -0.2) is 40.3 Å². The van der Waals surface area contributed by atoms with Crippen molar-refractivity contribution in [3.05, 3.63) is 29.3 Å². The van der Waals surface area contributed by atoms with E-state index >= 15 is 0 Å². The van der Waals surface area contributed by atoms with Crippen molar-refractivity contribution in [3.63, 3.8) is 0 Å². The zero-order chi connectivity index (χ0) is 15.3. The van der Waals surface area contributed by atoms with Crippen LogP contribution in [0.5, 0.6) is 0 Å². The first-order valence-electron chi connectivity index (χ1n) is 6.11. The van der Waals surface area contributed by atoms with Crippen molar-refractivity contribution in [1.29, 1.82) is 0 Å². The smallest absolute Gasteiger partial charge is 0.251 e. The molecule has 1 amide bonds. The van der Waals surface area contributed by atoms with Crippen LogP contribution < -0.4 is 10.0 Å². The van der Waals surface area contributed by atoms with Crippen LogP contribution in [0.1, 0.15) is 22.8 Å². The third-order valence-corrected chi connectivity index (χ3v) is 3.17. The molecule has 1 aromatic carbocycles. The molecule has 0 heterocycles. The highest BCUT2D eigenvalue weighted by atomic mass is 32.2. The molecule has 1 atom stereocenters. The van der Waals surface area contributed by atoms with Gasteiger partial charge in [0, 0.05) is 18.7 Å². The number of anilines is 1. The summed E-state index contributed by atoms with van der Waals surface area (Å²) < 4.78 is 29.7. The van der Waals surface area contributed by atoms with Crippen molar-refractivity contribution >= 4 is 21.6 Å². The van der Waals surface area contributed by atoms with Crippen LogP contribution in [0, 0.1) is 6.92 Å². The van der Waals surface area contributed by atoms with Crippen LogP contribution >= 0.6 is 0 Å². The molecule has 0 aliphatic carbocycles. The zero-order valence-electron chi connectivity index (χ0n) is 12.1. The molecule has 112 valence electrons. The number of nitrogens with one attached hydrogen (secondary N) is 2. The van der Waals surface area contributed by atoms with Crippen molar-refractivity contribution in [1.82, 2.24) is 5.32 Å². The van der Waals surface area contributed by atoms with Gasteiger partial charge in [-0.3, -0.25) is 9.52 Å². The quantitative estimate of drug-likeness (QED) is 0.825. The van der Waals surface area contributed by atoms with E-state index < -0.39 is 10.0 Å². The Bertz CT molecular complexity index is 584. The topological polar surface area (TPSA) is 84.5 Å². The van der Waals surface area contributed by atoms with Crippen molar-refractivity contribution in [3.8, 4) is 0 Å². The SMILES string of the molecule is COCC(C)NC(=O)c1ccc(NS(C)(=O)=O)c(C)c1. The van der Waals surface area contributed by atoms with Gasteiger partial charge in [-0.15, -0.1) is 0 Å². The van der Waals surface area contributed by atoms with Gasteiger partial charge in [-0.1, -0.05) is 0 Å². The van der Waals surface area contributed by atoms with Crippen molar-refractivity contribution in [2.24, 2.45) is 0 Å². The van der Waals surface area contributed by atoms with Gasteiger partial charge in [-0.25, -0.2) is 8.42 Å². The second kappa shape index (κ2) is 6.71. The van der Waals surface area contributed by atoms with E-state index in [1.54, 1.807) is 32.2 Å². The minimum absolute atomic E-state index is 0.0957. The summed E-state index contributed by atoms with van der Waals surface area (Å²) in [6.07, 6.45) is 1.08. The number of hydrogen-bond donors (Lipinski definition) is 2. The van der Waals surface area contributed by atoms with Gasteiger partial charge in [0.2, 0.25) is 10.0 Å². The van der Waals surface area contributed by atoms with E-state index in [9.17, 15) is 13.2 Å². The van der Waals surface area contributed by atoms with Crippen molar-refractivity contribution < 1.29 is 17.9 Å². The summed E-state index contributed by atoms with van der Waals surface area (Å²) in [4.78, 5) is 12.0.